The fourth-order valence-electron chi connectivity index (χ4n) is 3.68. The van der Waals surface area contributed by atoms with E-state index >= 15 is 0 Å². The third-order valence-electron chi connectivity index (χ3n) is 4.64. The third-order valence-corrected chi connectivity index (χ3v) is 9.65. The summed E-state index contributed by atoms with van der Waals surface area (Å²) in [6.45, 7) is 0. The molecular formula is C15H14Br2Na2O6S4. The molecule has 0 spiro atoms. The maximum atomic E-state index is 11.1. The topological polar surface area (TPSA) is 114 Å². The van der Waals surface area contributed by atoms with Gasteiger partial charge in [-0.2, -0.15) is 0 Å². The van der Waals surface area contributed by atoms with Crippen molar-refractivity contribution >= 4 is 74.8 Å². The number of thiophene rings is 2. The Morgan fingerprint density at radius 2 is 1.14 bits per heavy atom. The van der Waals surface area contributed by atoms with Crippen LogP contribution in [-0.2, 0) is 25.7 Å². The van der Waals surface area contributed by atoms with E-state index in [4.69, 9.17) is 0 Å². The fraction of sp³-hybridized carbons (Fsp3) is 0.467. The van der Waals surface area contributed by atoms with E-state index in [-0.39, 0.29) is 72.0 Å². The molecule has 3 rings (SSSR count). The molecular weight excluding hydrogens is 610 g/mol. The van der Waals surface area contributed by atoms with E-state index in [0.717, 1.165) is 28.5 Å². The molecule has 0 unspecified atom stereocenters. The van der Waals surface area contributed by atoms with Crippen molar-refractivity contribution in [1.82, 2.24) is 0 Å². The molecule has 0 saturated carbocycles. The summed E-state index contributed by atoms with van der Waals surface area (Å²) in [5.41, 5.74) is 1.39. The van der Waals surface area contributed by atoms with Crippen LogP contribution in [0.4, 0.5) is 0 Å². The molecule has 6 nitrogen and oxygen atoms in total. The van der Waals surface area contributed by atoms with E-state index in [1.165, 1.54) is 0 Å². The normalized spacial score (nSPS) is 14.6. The molecule has 0 aromatic carbocycles. The monoisotopic (exact) mass is 622 g/mol. The van der Waals surface area contributed by atoms with E-state index in [1.54, 1.807) is 22.7 Å². The van der Waals surface area contributed by atoms with Gasteiger partial charge < -0.3 is 9.11 Å². The van der Waals surface area contributed by atoms with Gasteiger partial charge in [-0.15, -0.1) is 22.7 Å². The average Bonchev–Trinajstić information content (AvgIpc) is 3.10. The van der Waals surface area contributed by atoms with Gasteiger partial charge in [-0.3, -0.25) is 0 Å². The molecule has 2 aromatic heterocycles. The Labute approximate surface area is 239 Å². The van der Waals surface area contributed by atoms with Gasteiger partial charge in [-0.05, 0) is 80.8 Å². The van der Waals surface area contributed by atoms with Crippen LogP contribution in [0.1, 0.15) is 36.8 Å². The molecule has 1 aliphatic carbocycles. The second-order valence-corrected chi connectivity index (χ2v) is 14.3. The van der Waals surface area contributed by atoms with Crippen LogP contribution in [-0.4, -0.2) is 37.4 Å². The first kappa shape index (κ1) is 29.2. The van der Waals surface area contributed by atoms with Crippen molar-refractivity contribution in [2.75, 3.05) is 11.5 Å². The summed E-state index contributed by atoms with van der Waals surface area (Å²) in [5, 5.41) is 0. The molecule has 1 aliphatic rings. The zero-order valence-electron chi connectivity index (χ0n) is 15.7. The number of rotatable bonds is 8. The molecule has 2 heterocycles. The smallest absolute Gasteiger partial charge is 0.748 e. The molecule has 0 saturated heterocycles. The van der Waals surface area contributed by atoms with E-state index in [9.17, 15) is 25.9 Å². The van der Waals surface area contributed by atoms with Crippen molar-refractivity contribution in [2.45, 2.75) is 31.1 Å². The van der Waals surface area contributed by atoms with Crippen LogP contribution in [0.25, 0.3) is 9.75 Å². The molecule has 29 heavy (non-hydrogen) atoms. The summed E-state index contributed by atoms with van der Waals surface area (Å²) in [7, 11) is -8.68. The molecule has 0 radical (unpaired) electrons. The number of halogens is 2. The zero-order chi connectivity index (χ0) is 20.0. The van der Waals surface area contributed by atoms with Crippen molar-refractivity contribution in [3.8, 4) is 9.75 Å². The standard InChI is InChI=1S/C15H16Br2O6S4.2Na/c16-11-7-9-13(24-11)14-10(8-12(17)25-14)15(9,3-1-5-26(18,19)20)4-2-6-27(21,22)23;;/h7-8H,1-6H2,(H,18,19,20)(H,21,22,23);;/q;2*+1/p-2. The van der Waals surface area contributed by atoms with Crippen LogP contribution >= 0.6 is 54.5 Å². The third kappa shape index (κ3) is 7.08. The van der Waals surface area contributed by atoms with Gasteiger partial charge in [-0.25, -0.2) is 16.8 Å². The van der Waals surface area contributed by atoms with E-state index in [2.05, 4.69) is 31.9 Å². The van der Waals surface area contributed by atoms with Crippen LogP contribution in [0, 0.1) is 0 Å². The molecule has 0 N–H and O–H groups in total. The number of hydrogen-bond acceptors (Lipinski definition) is 8. The van der Waals surface area contributed by atoms with Crippen molar-refractivity contribution < 1.29 is 85.1 Å². The Balaban J connectivity index is 0.00000210. The van der Waals surface area contributed by atoms with E-state index in [0.29, 0.717) is 12.8 Å². The quantitative estimate of drug-likeness (QED) is 0.255. The Bertz CT molecular complexity index is 992. The van der Waals surface area contributed by atoms with Crippen LogP contribution in [0.15, 0.2) is 19.7 Å². The summed E-state index contributed by atoms with van der Waals surface area (Å²) in [5.74, 6) is -0.953. The Morgan fingerprint density at radius 1 is 0.793 bits per heavy atom. The number of fused-ring (bicyclic) bond motifs is 3. The van der Waals surface area contributed by atoms with Crippen molar-refractivity contribution in [1.29, 1.82) is 0 Å². The van der Waals surface area contributed by atoms with Crippen molar-refractivity contribution in [3.63, 3.8) is 0 Å². The van der Waals surface area contributed by atoms with Gasteiger partial charge in [-0.1, -0.05) is 0 Å². The molecule has 0 bridgehead atoms. The first-order chi connectivity index (χ1) is 12.4. The Kier molecular flexibility index (Phi) is 11.2. The first-order valence-electron chi connectivity index (χ1n) is 7.88. The van der Waals surface area contributed by atoms with Gasteiger partial charge in [0.2, 0.25) is 0 Å². The van der Waals surface area contributed by atoms with Gasteiger partial charge in [0, 0.05) is 26.7 Å². The van der Waals surface area contributed by atoms with Crippen molar-refractivity contribution in [2.24, 2.45) is 0 Å². The van der Waals surface area contributed by atoms with E-state index < -0.39 is 37.2 Å². The van der Waals surface area contributed by atoms with Crippen LogP contribution in [0.2, 0.25) is 0 Å². The summed E-state index contributed by atoms with van der Waals surface area (Å²) < 4.78 is 68.2. The van der Waals surface area contributed by atoms with Gasteiger partial charge in [0.15, 0.2) is 0 Å². The van der Waals surface area contributed by atoms with Crippen molar-refractivity contribution in [3.05, 3.63) is 30.8 Å². The minimum Gasteiger partial charge on any atom is -0.748 e. The SMILES string of the molecule is O=S(=O)([O-])CCCC1(CCCS(=O)(=O)[O-])c2cc(Br)sc2-c2sc(Br)cc21.[Na+].[Na+]. The first-order valence-corrected chi connectivity index (χ1v) is 14.3. The number of hydrogen-bond donors (Lipinski definition) is 0. The molecule has 0 amide bonds. The van der Waals surface area contributed by atoms with Gasteiger partial charge in [0.25, 0.3) is 0 Å². The van der Waals surface area contributed by atoms with Crippen LogP contribution in [0.3, 0.4) is 0 Å². The average molecular weight is 624 g/mol. The fourth-order valence-corrected chi connectivity index (χ4v) is 8.23. The van der Waals surface area contributed by atoms with Gasteiger partial charge in [0.1, 0.15) is 0 Å². The Hall–Kier alpha value is 2.18. The molecule has 0 fully saturated rings. The molecule has 14 heteroatoms. The van der Waals surface area contributed by atoms with E-state index in [1.807, 2.05) is 12.1 Å². The summed E-state index contributed by atoms with van der Waals surface area (Å²) in [6, 6.07) is 3.94. The second-order valence-electron chi connectivity index (χ2n) is 6.40. The summed E-state index contributed by atoms with van der Waals surface area (Å²) in [4.78, 5) is 2.12. The van der Waals surface area contributed by atoms with Crippen LogP contribution < -0.4 is 59.1 Å². The largest absolute Gasteiger partial charge is 1.00 e. The van der Waals surface area contributed by atoms with Crippen LogP contribution in [0.5, 0.6) is 0 Å². The predicted octanol–water partition coefficient (Wildman–Crippen LogP) is -1.74. The minimum absolute atomic E-state index is 0. The maximum Gasteiger partial charge on any atom is 1.00 e. The minimum atomic E-state index is -4.34. The molecule has 2 aromatic rings. The summed E-state index contributed by atoms with van der Waals surface area (Å²) in [6.07, 6.45) is 1.10. The summed E-state index contributed by atoms with van der Waals surface area (Å²) >= 11 is 10.1. The van der Waals surface area contributed by atoms with Gasteiger partial charge in [0.05, 0.1) is 27.8 Å². The predicted molar refractivity (Wildman–Crippen MR) is 111 cm³/mol. The zero-order valence-corrected chi connectivity index (χ0v) is 26.2. The second kappa shape index (κ2) is 11.1. The van der Waals surface area contributed by atoms with Gasteiger partial charge >= 0.3 is 59.1 Å². The molecule has 150 valence electrons. The molecule has 0 atom stereocenters. The Morgan fingerprint density at radius 3 is 1.45 bits per heavy atom. The maximum absolute atomic E-state index is 11.1. The molecule has 0 aliphatic heterocycles.